The van der Waals surface area contributed by atoms with Gasteiger partial charge in [-0.15, -0.1) is 13.2 Å². The molecule has 22 heavy (non-hydrogen) atoms. The molecule has 1 heterocycles. The van der Waals surface area contributed by atoms with Crippen molar-refractivity contribution in [2.75, 3.05) is 5.32 Å². The second kappa shape index (κ2) is 6.05. The lowest BCUT2D eigenvalue weighted by Gasteiger charge is -2.13. The summed E-state index contributed by atoms with van der Waals surface area (Å²) in [4.78, 5) is 15.9. The predicted molar refractivity (Wildman–Crippen MR) is 74.8 cm³/mol. The zero-order valence-corrected chi connectivity index (χ0v) is 11.9. The Morgan fingerprint density at radius 1 is 1.18 bits per heavy atom. The Hall–Kier alpha value is -2.57. The van der Waals surface area contributed by atoms with E-state index in [1.165, 1.54) is 31.3 Å². The van der Waals surface area contributed by atoms with Crippen molar-refractivity contribution in [2.24, 2.45) is 0 Å². The van der Waals surface area contributed by atoms with E-state index in [4.69, 9.17) is 0 Å². The number of amides is 1. The van der Waals surface area contributed by atoms with E-state index in [1.807, 2.05) is 6.92 Å². The number of ether oxygens (including phenoxy) is 1. The van der Waals surface area contributed by atoms with E-state index >= 15 is 0 Å². The number of alkyl halides is 3. The molecule has 1 aromatic heterocycles. The molecule has 2 aromatic rings. The van der Waals surface area contributed by atoms with E-state index in [1.54, 1.807) is 6.07 Å². The smallest absolute Gasteiger partial charge is 0.405 e. The molecule has 0 bridgehead atoms. The first-order chi connectivity index (χ1) is 10.2. The third-order valence-corrected chi connectivity index (χ3v) is 2.82. The first kappa shape index (κ1) is 15.8. The number of nitrogens with zero attached hydrogens (tertiary/aromatic N) is 1. The average molecular weight is 310 g/mol. The highest BCUT2D eigenvalue weighted by molar-refractivity contribution is 6.02. The highest BCUT2D eigenvalue weighted by Crippen LogP contribution is 2.28. The number of carbonyl (C=O) groups excluding carboxylic acids is 1. The summed E-state index contributed by atoms with van der Waals surface area (Å²) in [5.41, 5.74) is 1.57. The van der Waals surface area contributed by atoms with Crippen molar-refractivity contribution in [1.29, 1.82) is 0 Å². The molecule has 0 aliphatic rings. The van der Waals surface area contributed by atoms with Crippen molar-refractivity contribution in [2.45, 2.75) is 20.2 Å². The van der Waals surface area contributed by atoms with Crippen LogP contribution in [0.4, 0.5) is 18.9 Å². The van der Waals surface area contributed by atoms with Crippen LogP contribution in [0.5, 0.6) is 5.75 Å². The van der Waals surface area contributed by atoms with Crippen molar-refractivity contribution < 1.29 is 22.7 Å². The lowest BCUT2D eigenvalue weighted by Crippen LogP contribution is -2.18. The number of hydrogen-bond acceptors (Lipinski definition) is 3. The maximum absolute atomic E-state index is 12.3. The van der Waals surface area contributed by atoms with Gasteiger partial charge in [-0.25, -0.2) is 0 Å². The highest BCUT2D eigenvalue weighted by Gasteiger charge is 2.31. The lowest BCUT2D eigenvalue weighted by molar-refractivity contribution is -0.274. The Labute approximate surface area is 124 Å². The van der Waals surface area contributed by atoms with Crippen LogP contribution >= 0.6 is 0 Å². The number of aryl methyl sites for hydroxylation is 2. The average Bonchev–Trinajstić information content (AvgIpc) is 2.41. The zero-order chi connectivity index (χ0) is 16.3. The van der Waals surface area contributed by atoms with E-state index in [0.29, 0.717) is 5.56 Å². The summed E-state index contributed by atoms with van der Waals surface area (Å²) in [6.45, 7) is 3.31. The van der Waals surface area contributed by atoms with Gasteiger partial charge >= 0.3 is 6.36 Å². The molecule has 0 fully saturated rings. The minimum Gasteiger partial charge on any atom is -0.405 e. The molecule has 0 radical (unpaired) electrons. The van der Waals surface area contributed by atoms with Gasteiger partial charge in [-0.05, 0) is 37.1 Å². The van der Waals surface area contributed by atoms with Crippen molar-refractivity contribution in [3.8, 4) is 5.75 Å². The number of pyridine rings is 1. The zero-order valence-electron chi connectivity index (χ0n) is 11.9. The van der Waals surface area contributed by atoms with E-state index in [9.17, 15) is 18.0 Å². The summed E-state index contributed by atoms with van der Waals surface area (Å²) >= 11 is 0. The van der Waals surface area contributed by atoms with Gasteiger partial charge in [0.15, 0.2) is 0 Å². The Kier molecular flexibility index (Phi) is 4.35. The number of aromatic nitrogens is 1. The minimum atomic E-state index is -4.79. The van der Waals surface area contributed by atoms with Gasteiger partial charge in [0, 0.05) is 18.0 Å². The maximum atomic E-state index is 12.3. The number of benzene rings is 1. The topological polar surface area (TPSA) is 51.2 Å². The van der Waals surface area contributed by atoms with Crippen molar-refractivity contribution in [1.82, 2.24) is 4.98 Å². The number of rotatable bonds is 3. The summed E-state index contributed by atoms with van der Waals surface area (Å²) < 4.78 is 40.8. The number of carbonyl (C=O) groups is 1. The molecule has 4 nitrogen and oxygen atoms in total. The number of halogens is 3. The molecule has 1 amide bonds. The highest BCUT2D eigenvalue weighted by atomic mass is 19.4. The fourth-order valence-electron chi connectivity index (χ4n) is 1.71. The number of hydrogen-bond donors (Lipinski definition) is 1. The van der Waals surface area contributed by atoms with Gasteiger partial charge in [0.05, 0.1) is 0 Å². The minimum absolute atomic E-state index is 0.171. The Bertz CT molecular complexity index is 682. The number of nitrogens with one attached hydrogen (secondary N) is 1. The summed E-state index contributed by atoms with van der Waals surface area (Å²) in [5, 5.41) is 2.48. The monoisotopic (exact) mass is 310 g/mol. The van der Waals surface area contributed by atoms with Gasteiger partial charge in [0.1, 0.15) is 11.4 Å². The molecular formula is C15H13F3N2O2. The molecule has 2 rings (SSSR count). The fourth-order valence-corrected chi connectivity index (χ4v) is 1.71. The molecule has 0 spiro atoms. The van der Waals surface area contributed by atoms with E-state index < -0.39 is 12.3 Å². The molecule has 1 N–H and O–H groups in total. The van der Waals surface area contributed by atoms with E-state index in [-0.39, 0.29) is 17.1 Å². The van der Waals surface area contributed by atoms with E-state index in [2.05, 4.69) is 15.0 Å². The van der Waals surface area contributed by atoms with Crippen molar-refractivity contribution >= 4 is 11.6 Å². The van der Waals surface area contributed by atoms with Gasteiger partial charge in [-0.2, -0.15) is 0 Å². The number of anilines is 1. The SMILES string of the molecule is Cc1ccc(C(=O)Nc2ccc(C)c(OC(F)(F)F)c2)nc1. The second-order valence-corrected chi connectivity index (χ2v) is 4.70. The second-order valence-electron chi connectivity index (χ2n) is 4.70. The Balaban J connectivity index is 2.17. The van der Waals surface area contributed by atoms with Gasteiger partial charge in [-0.3, -0.25) is 9.78 Å². The third-order valence-electron chi connectivity index (χ3n) is 2.82. The van der Waals surface area contributed by atoms with Gasteiger partial charge in [0.25, 0.3) is 5.91 Å². The maximum Gasteiger partial charge on any atom is 0.573 e. The van der Waals surface area contributed by atoms with Crippen molar-refractivity contribution in [3.63, 3.8) is 0 Å². The summed E-state index contributed by atoms with van der Waals surface area (Å²) in [5.74, 6) is -0.871. The molecule has 7 heteroatoms. The predicted octanol–water partition coefficient (Wildman–Crippen LogP) is 3.85. The largest absolute Gasteiger partial charge is 0.573 e. The molecular weight excluding hydrogens is 297 g/mol. The van der Waals surface area contributed by atoms with Crippen LogP contribution in [-0.2, 0) is 0 Å². The molecule has 0 atom stereocenters. The van der Waals surface area contributed by atoms with Crippen LogP contribution in [0.25, 0.3) is 0 Å². The molecule has 0 aliphatic carbocycles. The van der Waals surface area contributed by atoms with Gasteiger partial charge < -0.3 is 10.1 Å². The molecule has 116 valence electrons. The van der Waals surface area contributed by atoms with Crippen LogP contribution in [0.2, 0.25) is 0 Å². The summed E-state index contributed by atoms with van der Waals surface area (Å²) in [6.07, 6.45) is -3.26. The molecule has 1 aromatic carbocycles. The molecule has 0 saturated heterocycles. The van der Waals surface area contributed by atoms with Crippen LogP contribution in [-0.4, -0.2) is 17.3 Å². The Morgan fingerprint density at radius 2 is 1.91 bits per heavy atom. The van der Waals surface area contributed by atoms with Crippen LogP contribution in [0.1, 0.15) is 21.6 Å². The third kappa shape index (κ3) is 4.21. The van der Waals surface area contributed by atoms with Crippen LogP contribution in [0, 0.1) is 13.8 Å². The van der Waals surface area contributed by atoms with Gasteiger partial charge in [-0.1, -0.05) is 12.1 Å². The standard InChI is InChI=1S/C15H13F3N2O2/c1-9-3-6-12(19-8-9)14(21)20-11-5-4-10(2)13(7-11)22-15(16,17)18/h3-8H,1-2H3,(H,20,21). The first-order valence-electron chi connectivity index (χ1n) is 6.35. The van der Waals surface area contributed by atoms with Crippen LogP contribution in [0.15, 0.2) is 36.5 Å². The van der Waals surface area contributed by atoms with E-state index in [0.717, 1.165) is 11.6 Å². The van der Waals surface area contributed by atoms with Crippen LogP contribution in [0.3, 0.4) is 0 Å². The molecule has 0 unspecified atom stereocenters. The molecule has 0 saturated carbocycles. The van der Waals surface area contributed by atoms with Crippen molar-refractivity contribution in [3.05, 3.63) is 53.3 Å². The van der Waals surface area contributed by atoms with Crippen LogP contribution < -0.4 is 10.1 Å². The summed E-state index contributed by atoms with van der Waals surface area (Å²) in [7, 11) is 0. The summed E-state index contributed by atoms with van der Waals surface area (Å²) in [6, 6.07) is 7.29. The van der Waals surface area contributed by atoms with Gasteiger partial charge in [0.2, 0.25) is 0 Å². The fraction of sp³-hybridized carbons (Fsp3) is 0.200. The lowest BCUT2D eigenvalue weighted by atomic mass is 10.2. The molecule has 0 aliphatic heterocycles. The first-order valence-corrected chi connectivity index (χ1v) is 6.35. The quantitative estimate of drug-likeness (QED) is 0.937. The Morgan fingerprint density at radius 3 is 2.50 bits per heavy atom. The normalized spacial score (nSPS) is 11.1.